The van der Waals surface area contributed by atoms with Crippen molar-refractivity contribution in [2.24, 2.45) is 5.92 Å². The second-order valence-electron chi connectivity index (χ2n) is 5.27. The monoisotopic (exact) mass is 271 g/mol. The molecule has 1 aliphatic heterocycles. The minimum absolute atomic E-state index is 0.0328. The van der Waals surface area contributed by atoms with Crippen LogP contribution in [0.4, 0.5) is 0 Å². The van der Waals surface area contributed by atoms with Crippen LogP contribution in [0.25, 0.3) is 0 Å². The van der Waals surface area contributed by atoms with E-state index in [1.165, 1.54) is 16.4 Å². The van der Waals surface area contributed by atoms with Crippen LogP contribution >= 0.6 is 11.5 Å². The summed E-state index contributed by atoms with van der Waals surface area (Å²) in [4.78, 5) is 3.41. The number of aromatic nitrogens is 2. The molecule has 0 amide bonds. The summed E-state index contributed by atoms with van der Waals surface area (Å²) in [5, 5.41) is 23.2. The summed E-state index contributed by atoms with van der Waals surface area (Å²) in [5.74, 6) is 0.420. The van der Waals surface area contributed by atoms with Gasteiger partial charge in [-0.3, -0.25) is 4.90 Å². The van der Waals surface area contributed by atoms with E-state index >= 15 is 0 Å². The Morgan fingerprint density at radius 1 is 1.50 bits per heavy atom. The van der Waals surface area contributed by atoms with E-state index in [2.05, 4.69) is 28.3 Å². The summed E-state index contributed by atoms with van der Waals surface area (Å²) in [6.45, 7) is 6.66. The number of rotatable bonds is 4. The summed E-state index contributed by atoms with van der Waals surface area (Å²) in [6.07, 6.45) is 0.424. The quantitative estimate of drug-likeness (QED) is 0.849. The molecule has 1 fully saturated rings. The fourth-order valence-corrected chi connectivity index (χ4v) is 3.21. The maximum Gasteiger partial charge on any atom is 0.0826 e. The van der Waals surface area contributed by atoms with Gasteiger partial charge >= 0.3 is 0 Å². The van der Waals surface area contributed by atoms with Gasteiger partial charge in [0.2, 0.25) is 0 Å². The summed E-state index contributed by atoms with van der Waals surface area (Å²) >= 11 is 1.45. The molecule has 0 unspecified atom stereocenters. The standard InChI is InChI=1S/C12H21N3O2S/c1-8(2)12-11(18-14-13-12)6-15-4-3-9(7-16)10(17)5-15/h8-10,16-17H,3-7H2,1-2H3/t9-,10-/m1/s1. The summed E-state index contributed by atoms with van der Waals surface area (Å²) < 4.78 is 4.02. The lowest BCUT2D eigenvalue weighted by atomic mass is 9.94. The molecule has 0 aromatic carbocycles. The van der Waals surface area contributed by atoms with Crippen molar-refractivity contribution in [2.45, 2.75) is 38.8 Å². The average Bonchev–Trinajstić information content (AvgIpc) is 2.77. The van der Waals surface area contributed by atoms with Gasteiger partial charge in [0, 0.05) is 25.6 Å². The SMILES string of the molecule is CC(C)c1nnsc1CN1CC[C@H](CO)[C@H](O)C1. The number of aliphatic hydroxyl groups excluding tert-OH is 2. The van der Waals surface area contributed by atoms with Crippen molar-refractivity contribution in [1.29, 1.82) is 0 Å². The largest absolute Gasteiger partial charge is 0.396 e. The first-order valence-corrected chi connectivity index (χ1v) is 7.21. The second-order valence-corrected chi connectivity index (χ2v) is 6.11. The van der Waals surface area contributed by atoms with Gasteiger partial charge in [-0.1, -0.05) is 18.3 Å². The average molecular weight is 271 g/mol. The first-order valence-electron chi connectivity index (χ1n) is 6.44. The van der Waals surface area contributed by atoms with Gasteiger partial charge in [-0.25, -0.2) is 0 Å². The third kappa shape index (κ3) is 3.06. The lowest BCUT2D eigenvalue weighted by Crippen LogP contribution is -2.44. The van der Waals surface area contributed by atoms with Crippen molar-refractivity contribution in [1.82, 2.24) is 14.5 Å². The van der Waals surface area contributed by atoms with Gasteiger partial charge in [0.15, 0.2) is 0 Å². The van der Waals surface area contributed by atoms with Crippen LogP contribution in [0.3, 0.4) is 0 Å². The van der Waals surface area contributed by atoms with E-state index in [0.717, 1.165) is 25.2 Å². The number of hydrogen-bond acceptors (Lipinski definition) is 6. The molecule has 102 valence electrons. The molecule has 0 aliphatic carbocycles. The number of nitrogens with zero attached hydrogens (tertiary/aromatic N) is 3. The van der Waals surface area contributed by atoms with Crippen LogP contribution < -0.4 is 0 Å². The highest BCUT2D eigenvalue weighted by atomic mass is 32.1. The van der Waals surface area contributed by atoms with Crippen LogP contribution in [-0.2, 0) is 6.54 Å². The molecule has 2 atom stereocenters. The highest BCUT2D eigenvalue weighted by Crippen LogP contribution is 2.24. The Morgan fingerprint density at radius 2 is 2.28 bits per heavy atom. The second kappa shape index (κ2) is 6.06. The zero-order valence-electron chi connectivity index (χ0n) is 10.9. The molecule has 2 N–H and O–H groups in total. The van der Waals surface area contributed by atoms with E-state index < -0.39 is 6.10 Å². The highest BCUT2D eigenvalue weighted by molar-refractivity contribution is 7.05. The van der Waals surface area contributed by atoms with Gasteiger partial charge in [-0.2, -0.15) is 0 Å². The van der Waals surface area contributed by atoms with Gasteiger partial charge in [0.1, 0.15) is 0 Å². The number of piperidine rings is 1. The Balaban J connectivity index is 1.96. The molecule has 0 bridgehead atoms. The minimum Gasteiger partial charge on any atom is -0.396 e. The van der Waals surface area contributed by atoms with E-state index in [9.17, 15) is 5.11 Å². The lowest BCUT2D eigenvalue weighted by Gasteiger charge is -2.34. The van der Waals surface area contributed by atoms with E-state index in [1.54, 1.807) is 0 Å². The third-order valence-electron chi connectivity index (χ3n) is 3.54. The van der Waals surface area contributed by atoms with Gasteiger partial charge in [0.25, 0.3) is 0 Å². The van der Waals surface area contributed by atoms with Crippen LogP contribution in [-0.4, -0.2) is 50.5 Å². The maximum atomic E-state index is 9.92. The summed E-state index contributed by atoms with van der Waals surface area (Å²) in [7, 11) is 0. The lowest BCUT2D eigenvalue weighted by molar-refractivity contribution is -0.00424. The molecular formula is C12H21N3O2S. The van der Waals surface area contributed by atoms with E-state index in [-0.39, 0.29) is 12.5 Å². The van der Waals surface area contributed by atoms with Crippen molar-refractivity contribution < 1.29 is 10.2 Å². The maximum absolute atomic E-state index is 9.92. The van der Waals surface area contributed by atoms with Crippen LogP contribution in [0.15, 0.2) is 0 Å². The minimum atomic E-state index is -0.424. The molecule has 0 spiro atoms. The zero-order chi connectivity index (χ0) is 13.1. The number of β-amino-alcohol motifs (C(OH)–C–C–N with tert-alkyl or cyclic N) is 1. The Bertz CT molecular complexity index is 383. The third-order valence-corrected chi connectivity index (χ3v) is 4.26. The molecule has 1 aromatic heterocycles. The summed E-state index contributed by atoms with van der Waals surface area (Å²) in [6, 6.07) is 0. The molecule has 5 nitrogen and oxygen atoms in total. The van der Waals surface area contributed by atoms with E-state index in [0.29, 0.717) is 12.5 Å². The first kappa shape index (κ1) is 13.9. The van der Waals surface area contributed by atoms with Crippen LogP contribution in [0, 0.1) is 5.92 Å². The van der Waals surface area contributed by atoms with E-state index in [4.69, 9.17) is 5.11 Å². The fourth-order valence-electron chi connectivity index (χ4n) is 2.37. The molecule has 0 radical (unpaired) electrons. The molecule has 1 aliphatic rings. The topological polar surface area (TPSA) is 69.5 Å². The van der Waals surface area contributed by atoms with Crippen molar-refractivity contribution in [2.75, 3.05) is 19.7 Å². The molecule has 2 heterocycles. The zero-order valence-corrected chi connectivity index (χ0v) is 11.7. The van der Waals surface area contributed by atoms with Gasteiger partial charge in [-0.05, 0) is 30.4 Å². The molecular weight excluding hydrogens is 250 g/mol. The molecule has 1 aromatic rings. The highest BCUT2D eigenvalue weighted by Gasteiger charge is 2.28. The Morgan fingerprint density at radius 3 is 2.89 bits per heavy atom. The predicted molar refractivity (Wildman–Crippen MR) is 70.5 cm³/mol. The molecule has 0 saturated carbocycles. The number of aliphatic hydroxyl groups is 2. The molecule has 1 saturated heterocycles. The normalized spacial score (nSPS) is 25.8. The number of hydrogen-bond donors (Lipinski definition) is 2. The van der Waals surface area contributed by atoms with Crippen molar-refractivity contribution in [3.05, 3.63) is 10.6 Å². The summed E-state index contributed by atoms with van der Waals surface area (Å²) in [5.41, 5.74) is 1.07. The first-order chi connectivity index (χ1) is 8.61. The van der Waals surface area contributed by atoms with Crippen LogP contribution in [0.5, 0.6) is 0 Å². The van der Waals surface area contributed by atoms with Crippen LogP contribution in [0.2, 0.25) is 0 Å². The Labute approximate surface area is 112 Å². The Kier molecular flexibility index (Phi) is 4.66. The number of likely N-dealkylation sites (tertiary alicyclic amines) is 1. The molecule has 18 heavy (non-hydrogen) atoms. The van der Waals surface area contributed by atoms with Crippen molar-refractivity contribution in [3.8, 4) is 0 Å². The van der Waals surface area contributed by atoms with Crippen molar-refractivity contribution in [3.63, 3.8) is 0 Å². The fraction of sp³-hybridized carbons (Fsp3) is 0.833. The van der Waals surface area contributed by atoms with E-state index in [1.807, 2.05) is 0 Å². The van der Waals surface area contributed by atoms with Gasteiger partial charge in [-0.15, -0.1) is 5.10 Å². The Hall–Kier alpha value is -0.560. The van der Waals surface area contributed by atoms with Gasteiger partial charge < -0.3 is 10.2 Å². The van der Waals surface area contributed by atoms with Gasteiger partial charge in [0.05, 0.1) is 16.7 Å². The molecule has 6 heteroatoms. The predicted octanol–water partition coefficient (Wildman–Crippen LogP) is 0.837. The molecule has 2 rings (SSSR count). The van der Waals surface area contributed by atoms with Crippen molar-refractivity contribution >= 4 is 11.5 Å². The van der Waals surface area contributed by atoms with Crippen LogP contribution in [0.1, 0.15) is 36.8 Å². The smallest absolute Gasteiger partial charge is 0.0826 e.